The van der Waals surface area contributed by atoms with E-state index in [0.717, 1.165) is 0 Å². The van der Waals surface area contributed by atoms with Crippen LogP contribution in [0.5, 0.6) is 11.6 Å². The van der Waals surface area contributed by atoms with E-state index in [4.69, 9.17) is 27.9 Å². The van der Waals surface area contributed by atoms with Crippen molar-refractivity contribution < 1.29 is 9.66 Å². The number of hydrogen-bond acceptors (Lipinski definition) is 5. The lowest BCUT2D eigenvalue weighted by Crippen LogP contribution is -1.96. The van der Waals surface area contributed by atoms with E-state index in [1.807, 2.05) is 5.38 Å². The molecule has 2 aromatic heterocycles. The quantitative estimate of drug-likeness (QED) is 0.397. The molecule has 0 saturated carbocycles. The molecule has 2 heterocycles. The van der Waals surface area contributed by atoms with Crippen LogP contribution < -0.4 is 4.74 Å². The minimum atomic E-state index is -0.556. The molecule has 0 bridgehead atoms. The van der Waals surface area contributed by atoms with E-state index in [1.54, 1.807) is 10.6 Å². The molecule has 0 unspecified atom stereocenters. The zero-order valence-electron chi connectivity index (χ0n) is 10.3. The second kappa shape index (κ2) is 5.51. The molecule has 1 aromatic carbocycles. The van der Waals surface area contributed by atoms with Crippen molar-refractivity contribution in [3.8, 4) is 11.6 Å². The molecule has 0 aliphatic rings. The van der Waals surface area contributed by atoms with Crippen molar-refractivity contribution in [1.29, 1.82) is 0 Å². The van der Waals surface area contributed by atoms with Crippen molar-refractivity contribution >= 4 is 45.2 Å². The van der Waals surface area contributed by atoms with Gasteiger partial charge in [0.2, 0.25) is 11.6 Å². The fraction of sp³-hybridized carbons (Fsp3) is 0.0833. The largest absolute Gasteiger partial charge is 0.428 e. The van der Waals surface area contributed by atoms with Crippen molar-refractivity contribution in [2.45, 2.75) is 5.88 Å². The van der Waals surface area contributed by atoms with Crippen molar-refractivity contribution in [2.75, 3.05) is 0 Å². The summed E-state index contributed by atoms with van der Waals surface area (Å²) < 4.78 is 7.36. The summed E-state index contributed by atoms with van der Waals surface area (Å²) in [4.78, 5) is 15.5. The lowest BCUT2D eigenvalue weighted by molar-refractivity contribution is -0.385. The number of nitro benzene ring substituents is 1. The number of rotatable bonds is 4. The lowest BCUT2D eigenvalue weighted by Gasteiger charge is -2.06. The Morgan fingerprint density at radius 3 is 3.00 bits per heavy atom. The highest BCUT2D eigenvalue weighted by Crippen LogP contribution is 2.39. The number of hydrogen-bond donors (Lipinski definition) is 0. The number of ether oxygens (including phenoxy) is 1. The number of halogens is 2. The Kier molecular flexibility index (Phi) is 3.71. The van der Waals surface area contributed by atoms with Gasteiger partial charge in [0.15, 0.2) is 4.96 Å². The average Bonchev–Trinajstić information content (AvgIpc) is 3.00. The summed E-state index contributed by atoms with van der Waals surface area (Å²) in [5.74, 6) is 0.334. The number of nitrogens with zero attached hydrogens (tertiary/aromatic N) is 3. The smallest absolute Gasteiger partial charge is 0.313 e. The summed E-state index contributed by atoms with van der Waals surface area (Å²) in [6.07, 6.45) is 1.80. The number of nitro groups is 1. The average molecular weight is 344 g/mol. The van der Waals surface area contributed by atoms with Gasteiger partial charge in [-0.15, -0.1) is 22.9 Å². The van der Waals surface area contributed by atoms with E-state index in [0.29, 0.717) is 10.7 Å². The summed E-state index contributed by atoms with van der Waals surface area (Å²) in [6, 6.07) is 4.32. The summed E-state index contributed by atoms with van der Waals surface area (Å²) in [5.41, 5.74) is 0.390. The van der Waals surface area contributed by atoms with Crippen LogP contribution in [0.1, 0.15) is 5.69 Å². The van der Waals surface area contributed by atoms with Gasteiger partial charge < -0.3 is 4.74 Å². The van der Waals surface area contributed by atoms with E-state index >= 15 is 0 Å². The second-order valence-electron chi connectivity index (χ2n) is 4.00. The molecule has 9 heteroatoms. The first kappa shape index (κ1) is 14.1. The van der Waals surface area contributed by atoms with Crippen LogP contribution >= 0.6 is 34.5 Å². The van der Waals surface area contributed by atoms with E-state index in [2.05, 4.69) is 4.98 Å². The predicted molar refractivity (Wildman–Crippen MR) is 80.8 cm³/mol. The number of fused-ring (bicyclic) bond motifs is 1. The van der Waals surface area contributed by atoms with Crippen LogP contribution in [0.2, 0.25) is 5.02 Å². The maximum Gasteiger partial charge on any atom is 0.313 e. The molecule has 0 amide bonds. The number of para-hydroxylation sites is 1. The summed E-state index contributed by atoms with van der Waals surface area (Å²) in [5, 5.41) is 13.1. The van der Waals surface area contributed by atoms with Crippen LogP contribution in [0, 0.1) is 10.1 Å². The van der Waals surface area contributed by atoms with Crippen molar-refractivity contribution in [3.63, 3.8) is 0 Å². The van der Waals surface area contributed by atoms with Gasteiger partial charge in [0, 0.05) is 17.6 Å². The van der Waals surface area contributed by atoms with E-state index in [1.165, 1.54) is 29.5 Å². The van der Waals surface area contributed by atoms with Gasteiger partial charge in [-0.3, -0.25) is 14.5 Å². The van der Waals surface area contributed by atoms with Gasteiger partial charge in [-0.1, -0.05) is 17.7 Å². The highest BCUT2D eigenvalue weighted by molar-refractivity contribution is 7.15. The minimum absolute atomic E-state index is 0.0405. The molecule has 6 nitrogen and oxygen atoms in total. The van der Waals surface area contributed by atoms with Crippen LogP contribution in [-0.2, 0) is 5.88 Å². The Morgan fingerprint density at radius 1 is 1.48 bits per heavy atom. The predicted octanol–water partition coefficient (Wildman–Crippen LogP) is 4.49. The van der Waals surface area contributed by atoms with Gasteiger partial charge in [0.1, 0.15) is 5.69 Å². The van der Waals surface area contributed by atoms with E-state index in [-0.39, 0.29) is 28.2 Å². The molecule has 0 radical (unpaired) electrons. The highest BCUT2D eigenvalue weighted by atomic mass is 35.5. The Hall–Kier alpha value is -1.83. The fourth-order valence-electron chi connectivity index (χ4n) is 1.85. The fourth-order valence-corrected chi connectivity index (χ4v) is 3.03. The number of benzene rings is 1. The molecule has 0 aliphatic carbocycles. The maximum atomic E-state index is 11.1. The summed E-state index contributed by atoms with van der Waals surface area (Å²) in [7, 11) is 0. The Labute approximate surface area is 132 Å². The van der Waals surface area contributed by atoms with Gasteiger partial charge in [0.25, 0.3) is 0 Å². The van der Waals surface area contributed by atoms with Gasteiger partial charge in [-0.2, -0.15) is 4.98 Å². The summed E-state index contributed by atoms with van der Waals surface area (Å²) in [6.45, 7) is 0. The topological polar surface area (TPSA) is 69.7 Å². The molecule has 0 fully saturated rings. The van der Waals surface area contributed by atoms with Crippen molar-refractivity contribution in [1.82, 2.24) is 9.38 Å². The first-order valence-corrected chi connectivity index (χ1v) is 7.52. The monoisotopic (exact) mass is 343 g/mol. The molecular formula is C12H7Cl2N3O3S. The van der Waals surface area contributed by atoms with Crippen molar-refractivity contribution in [2.24, 2.45) is 0 Å². The molecule has 0 N–H and O–H groups in total. The van der Waals surface area contributed by atoms with Gasteiger partial charge in [-0.25, -0.2) is 0 Å². The Morgan fingerprint density at radius 2 is 2.29 bits per heavy atom. The third kappa shape index (κ3) is 2.44. The molecule has 0 aliphatic heterocycles. The van der Waals surface area contributed by atoms with Crippen LogP contribution in [0.25, 0.3) is 4.96 Å². The van der Waals surface area contributed by atoms with Gasteiger partial charge in [0.05, 0.1) is 15.8 Å². The molecule has 0 spiro atoms. The molecule has 0 saturated heterocycles. The zero-order chi connectivity index (χ0) is 15.0. The Bertz CT molecular complexity index is 830. The van der Waals surface area contributed by atoms with Crippen molar-refractivity contribution in [3.05, 3.63) is 50.6 Å². The zero-order valence-corrected chi connectivity index (χ0v) is 12.7. The first-order chi connectivity index (χ1) is 10.1. The molecule has 108 valence electrons. The second-order valence-corrected chi connectivity index (χ2v) is 5.55. The van der Waals surface area contributed by atoms with Crippen LogP contribution in [0.15, 0.2) is 29.8 Å². The minimum Gasteiger partial charge on any atom is -0.428 e. The third-order valence-corrected chi connectivity index (χ3v) is 4.10. The normalized spacial score (nSPS) is 11.0. The maximum absolute atomic E-state index is 11.1. The highest BCUT2D eigenvalue weighted by Gasteiger charge is 2.22. The SMILES string of the molecule is O=[N+]([O-])c1cccc(Cl)c1Oc1nc2sccn2c1CCl. The molecule has 3 aromatic rings. The van der Waals surface area contributed by atoms with Gasteiger partial charge >= 0.3 is 5.69 Å². The molecular weight excluding hydrogens is 337 g/mol. The number of imidazole rings is 1. The van der Waals surface area contributed by atoms with Crippen LogP contribution in [0.4, 0.5) is 5.69 Å². The first-order valence-electron chi connectivity index (χ1n) is 5.73. The Balaban J connectivity index is 2.10. The molecule has 0 atom stereocenters. The van der Waals surface area contributed by atoms with E-state index in [9.17, 15) is 10.1 Å². The third-order valence-electron chi connectivity index (χ3n) is 2.79. The summed E-state index contributed by atoms with van der Waals surface area (Å²) >= 11 is 13.3. The lowest BCUT2D eigenvalue weighted by atomic mass is 10.3. The number of thiazole rings is 1. The molecule has 21 heavy (non-hydrogen) atoms. The van der Waals surface area contributed by atoms with Crippen LogP contribution in [0.3, 0.4) is 0 Å². The standard InChI is InChI=1S/C12H7Cl2N3O3S/c13-6-9-11(15-12-16(9)4-5-21-12)20-10-7(14)2-1-3-8(10)17(18)19/h1-5H,6H2. The van der Waals surface area contributed by atoms with Crippen LogP contribution in [-0.4, -0.2) is 14.3 Å². The van der Waals surface area contributed by atoms with E-state index < -0.39 is 4.92 Å². The number of alkyl halides is 1. The number of aromatic nitrogens is 2. The van der Waals surface area contributed by atoms with Gasteiger partial charge in [-0.05, 0) is 6.07 Å². The molecule has 3 rings (SSSR count).